The molecule has 0 saturated heterocycles. The van der Waals surface area contributed by atoms with Crippen LogP contribution in [0.1, 0.15) is 28.5 Å². The van der Waals surface area contributed by atoms with Gasteiger partial charge in [-0.15, -0.1) is 0 Å². The summed E-state index contributed by atoms with van der Waals surface area (Å²) in [5, 5.41) is 9.95. The molecule has 0 atom stereocenters. The molecule has 0 bridgehead atoms. The number of carboxylic acid groups (broad SMARTS) is 1. The van der Waals surface area contributed by atoms with Gasteiger partial charge in [-0.25, -0.2) is 4.79 Å². The normalized spacial score (nSPS) is 10.6. The van der Waals surface area contributed by atoms with Crippen LogP contribution in [-0.2, 0) is 17.8 Å². The van der Waals surface area contributed by atoms with Gasteiger partial charge >= 0.3 is 5.97 Å². The number of benzene rings is 1. The van der Waals surface area contributed by atoms with Gasteiger partial charge in [0.15, 0.2) is 0 Å². The molecule has 0 fully saturated rings. The van der Waals surface area contributed by atoms with Gasteiger partial charge in [0.25, 0.3) is 0 Å². The largest absolute Gasteiger partial charge is 0.478 e. The number of carboxylic acids is 1. The van der Waals surface area contributed by atoms with Gasteiger partial charge in [-0.05, 0) is 37.6 Å². The van der Waals surface area contributed by atoms with Gasteiger partial charge in [0.05, 0.1) is 12.0 Å². The predicted molar refractivity (Wildman–Crippen MR) is 90.4 cm³/mol. The van der Waals surface area contributed by atoms with Crippen molar-refractivity contribution in [2.45, 2.75) is 26.8 Å². The molecule has 2 aromatic rings. The molecule has 1 aromatic heterocycles. The molecule has 2 rings (SSSR count). The lowest BCUT2D eigenvalue weighted by molar-refractivity contribution is -0.117. The van der Waals surface area contributed by atoms with E-state index in [0.717, 1.165) is 0 Å². The van der Waals surface area contributed by atoms with E-state index in [-0.39, 0.29) is 17.9 Å². The van der Waals surface area contributed by atoms with Crippen LogP contribution < -0.4 is 4.90 Å². The SMILES string of the molecule is CCn1cc(C)c(C(=O)O)c1CC(=O)N(C)c1cccc(Cl)c1. The first kappa shape index (κ1) is 17.1. The number of carbonyl (C=O) groups excluding carboxylic acids is 1. The lowest BCUT2D eigenvalue weighted by Crippen LogP contribution is -2.29. The molecule has 0 aliphatic heterocycles. The lowest BCUT2D eigenvalue weighted by Gasteiger charge is -2.18. The van der Waals surface area contributed by atoms with Crippen LogP contribution >= 0.6 is 11.6 Å². The van der Waals surface area contributed by atoms with Gasteiger partial charge < -0.3 is 14.6 Å². The Bertz CT molecular complexity index is 752. The fraction of sp³-hybridized carbons (Fsp3) is 0.294. The van der Waals surface area contributed by atoms with Crippen molar-refractivity contribution in [2.24, 2.45) is 0 Å². The van der Waals surface area contributed by atoms with Crippen LogP contribution in [0.2, 0.25) is 5.02 Å². The second-order valence-electron chi connectivity index (χ2n) is 5.33. The second-order valence-corrected chi connectivity index (χ2v) is 5.77. The molecule has 1 aromatic carbocycles. The Balaban J connectivity index is 2.31. The van der Waals surface area contributed by atoms with Crippen LogP contribution in [0.3, 0.4) is 0 Å². The fourth-order valence-corrected chi connectivity index (χ4v) is 2.79. The summed E-state index contributed by atoms with van der Waals surface area (Å²) in [5.41, 5.74) is 2.06. The zero-order valence-corrected chi connectivity index (χ0v) is 14.1. The molecule has 0 unspecified atom stereocenters. The maximum absolute atomic E-state index is 12.6. The molecule has 1 amide bonds. The highest BCUT2D eigenvalue weighted by Crippen LogP contribution is 2.22. The Kier molecular flexibility index (Phi) is 5.11. The molecule has 1 heterocycles. The smallest absolute Gasteiger partial charge is 0.337 e. The predicted octanol–water partition coefficient (Wildman–Crippen LogP) is 3.37. The zero-order chi connectivity index (χ0) is 17.1. The van der Waals surface area contributed by atoms with E-state index < -0.39 is 5.97 Å². The molecule has 0 radical (unpaired) electrons. The minimum Gasteiger partial charge on any atom is -0.478 e. The number of amides is 1. The van der Waals surface area contributed by atoms with E-state index in [1.165, 1.54) is 4.90 Å². The molecule has 6 heteroatoms. The van der Waals surface area contributed by atoms with Gasteiger partial charge in [-0.3, -0.25) is 4.79 Å². The first-order valence-corrected chi connectivity index (χ1v) is 7.67. The first-order chi connectivity index (χ1) is 10.8. The number of carbonyl (C=O) groups is 2. The summed E-state index contributed by atoms with van der Waals surface area (Å²) in [4.78, 5) is 25.5. The van der Waals surface area contributed by atoms with Crippen molar-refractivity contribution in [1.82, 2.24) is 4.57 Å². The van der Waals surface area contributed by atoms with Crippen molar-refractivity contribution in [3.63, 3.8) is 0 Å². The van der Waals surface area contributed by atoms with E-state index in [2.05, 4.69) is 0 Å². The number of aromatic nitrogens is 1. The number of rotatable bonds is 5. The Morgan fingerprint density at radius 3 is 2.61 bits per heavy atom. The number of hydrogen-bond acceptors (Lipinski definition) is 2. The molecular formula is C17H19ClN2O3. The fourth-order valence-electron chi connectivity index (χ4n) is 2.60. The molecule has 0 aliphatic rings. The molecule has 122 valence electrons. The third-order valence-corrected chi connectivity index (χ3v) is 4.06. The van der Waals surface area contributed by atoms with Crippen LogP contribution in [-0.4, -0.2) is 28.6 Å². The Morgan fingerprint density at radius 2 is 2.04 bits per heavy atom. The van der Waals surface area contributed by atoms with Gasteiger partial charge in [-0.2, -0.15) is 0 Å². The highest BCUT2D eigenvalue weighted by atomic mass is 35.5. The average molecular weight is 335 g/mol. The average Bonchev–Trinajstić information content (AvgIpc) is 2.82. The standard InChI is InChI=1S/C17H19ClN2O3/c1-4-20-10-11(2)16(17(22)23)14(20)9-15(21)19(3)13-7-5-6-12(18)8-13/h5-8,10H,4,9H2,1-3H3,(H,22,23). The van der Waals surface area contributed by atoms with E-state index in [0.29, 0.717) is 28.5 Å². The Morgan fingerprint density at radius 1 is 1.35 bits per heavy atom. The summed E-state index contributed by atoms with van der Waals surface area (Å²) in [6, 6.07) is 6.98. The van der Waals surface area contributed by atoms with Crippen LogP contribution in [0.5, 0.6) is 0 Å². The lowest BCUT2D eigenvalue weighted by atomic mass is 10.1. The number of aromatic carboxylic acids is 1. The first-order valence-electron chi connectivity index (χ1n) is 7.29. The molecule has 1 N–H and O–H groups in total. The molecule has 23 heavy (non-hydrogen) atoms. The summed E-state index contributed by atoms with van der Waals surface area (Å²) < 4.78 is 1.81. The quantitative estimate of drug-likeness (QED) is 0.911. The van der Waals surface area contributed by atoms with Crippen LogP contribution in [0.25, 0.3) is 0 Å². The Labute approximate surface area is 140 Å². The minimum absolute atomic E-state index is 0.0202. The number of nitrogens with zero attached hydrogens (tertiary/aromatic N) is 2. The number of anilines is 1. The topological polar surface area (TPSA) is 62.5 Å². The van der Waals surface area contributed by atoms with Crippen molar-refractivity contribution < 1.29 is 14.7 Å². The van der Waals surface area contributed by atoms with Crippen molar-refractivity contribution in [3.8, 4) is 0 Å². The number of hydrogen-bond donors (Lipinski definition) is 1. The number of likely N-dealkylation sites (N-methyl/N-ethyl adjacent to an activating group) is 1. The van der Waals surface area contributed by atoms with Crippen LogP contribution in [0.4, 0.5) is 5.69 Å². The van der Waals surface area contributed by atoms with E-state index in [4.69, 9.17) is 11.6 Å². The second kappa shape index (κ2) is 6.87. The summed E-state index contributed by atoms with van der Waals surface area (Å²) in [6.07, 6.45) is 1.79. The summed E-state index contributed by atoms with van der Waals surface area (Å²) in [7, 11) is 1.65. The highest BCUT2D eigenvalue weighted by Gasteiger charge is 2.22. The monoisotopic (exact) mass is 334 g/mol. The van der Waals surface area contributed by atoms with Gasteiger partial charge in [0.1, 0.15) is 0 Å². The van der Waals surface area contributed by atoms with Crippen molar-refractivity contribution >= 4 is 29.2 Å². The van der Waals surface area contributed by atoms with E-state index in [9.17, 15) is 14.7 Å². The van der Waals surface area contributed by atoms with Crippen LogP contribution in [0, 0.1) is 6.92 Å². The molecule has 0 saturated carbocycles. The molecule has 0 aliphatic carbocycles. The van der Waals surface area contributed by atoms with Crippen LogP contribution in [0.15, 0.2) is 30.5 Å². The maximum atomic E-state index is 12.6. The van der Waals surface area contributed by atoms with Gasteiger partial charge in [0.2, 0.25) is 5.91 Å². The molecule has 5 nitrogen and oxygen atoms in total. The third-order valence-electron chi connectivity index (χ3n) is 3.82. The van der Waals surface area contributed by atoms with Crippen molar-refractivity contribution in [3.05, 3.63) is 52.3 Å². The van der Waals surface area contributed by atoms with Crippen molar-refractivity contribution in [1.29, 1.82) is 0 Å². The third kappa shape index (κ3) is 3.56. The van der Waals surface area contributed by atoms with E-state index in [1.807, 2.05) is 11.5 Å². The Hall–Kier alpha value is -2.27. The minimum atomic E-state index is -1.01. The highest BCUT2D eigenvalue weighted by molar-refractivity contribution is 6.30. The maximum Gasteiger partial charge on any atom is 0.337 e. The summed E-state index contributed by atoms with van der Waals surface area (Å²) in [5.74, 6) is -1.20. The zero-order valence-electron chi connectivity index (χ0n) is 13.3. The van der Waals surface area contributed by atoms with Gasteiger partial charge in [-0.1, -0.05) is 17.7 Å². The van der Waals surface area contributed by atoms with E-state index in [1.54, 1.807) is 44.4 Å². The van der Waals surface area contributed by atoms with Crippen molar-refractivity contribution in [2.75, 3.05) is 11.9 Å². The number of aryl methyl sites for hydroxylation is 2. The summed E-state index contributed by atoms with van der Waals surface area (Å²) in [6.45, 7) is 4.27. The molecular weight excluding hydrogens is 316 g/mol. The number of halogens is 1. The van der Waals surface area contributed by atoms with E-state index >= 15 is 0 Å². The van der Waals surface area contributed by atoms with Gasteiger partial charge in [0, 0.05) is 36.2 Å². The summed E-state index contributed by atoms with van der Waals surface area (Å²) >= 11 is 5.95. The molecule has 0 spiro atoms.